The first-order valence-corrected chi connectivity index (χ1v) is 9.78. The highest BCUT2D eigenvalue weighted by atomic mass is 19.1. The molecule has 152 valence electrons. The largest absolute Gasteiger partial charge is 0.353 e. The van der Waals surface area contributed by atoms with Crippen molar-refractivity contribution < 1.29 is 14.0 Å². The number of halogens is 1. The number of aromatic nitrogens is 1. The fourth-order valence-corrected chi connectivity index (χ4v) is 3.02. The molecule has 1 aromatic heterocycles. The fraction of sp³-hybridized carbons (Fsp3) is 0.455. The van der Waals surface area contributed by atoms with E-state index in [1.807, 2.05) is 43.8 Å². The third-order valence-electron chi connectivity index (χ3n) is 4.83. The molecule has 2 rings (SSSR count). The van der Waals surface area contributed by atoms with Gasteiger partial charge in [0.15, 0.2) is 0 Å². The van der Waals surface area contributed by atoms with E-state index in [1.165, 1.54) is 17.0 Å². The molecule has 0 aliphatic heterocycles. The molecule has 0 atom stereocenters. The number of carbonyl (C=O) groups excluding carboxylic acids is 2. The number of rotatable bonds is 9. The van der Waals surface area contributed by atoms with Gasteiger partial charge in [-0.2, -0.15) is 0 Å². The quantitative estimate of drug-likeness (QED) is 0.656. The minimum Gasteiger partial charge on any atom is -0.353 e. The second-order valence-corrected chi connectivity index (χ2v) is 7.29. The third-order valence-corrected chi connectivity index (χ3v) is 4.83. The first-order chi connectivity index (χ1) is 13.3. The molecule has 1 aromatic carbocycles. The number of aryl methyl sites for hydroxylation is 1. The van der Waals surface area contributed by atoms with E-state index in [-0.39, 0.29) is 24.1 Å². The zero-order valence-corrected chi connectivity index (χ0v) is 17.2. The van der Waals surface area contributed by atoms with Gasteiger partial charge in [-0.1, -0.05) is 25.5 Å². The van der Waals surface area contributed by atoms with Crippen LogP contribution in [0.5, 0.6) is 0 Å². The van der Waals surface area contributed by atoms with E-state index in [1.54, 1.807) is 17.0 Å². The third kappa shape index (κ3) is 5.44. The average molecular weight is 387 g/mol. The van der Waals surface area contributed by atoms with Crippen LogP contribution in [-0.4, -0.2) is 45.3 Å². The zero-order chi connectivity index (χ0) is 20.7. The molecule has 2 amide bonds. The second-order valence-electron chi connectivity index (χ2n) is 7.29. The average Bonchev–Trinajstić information content (AvgIpc) is 3.07. The number of carbonyl (C=O) groups is 2. The molecule has 0 fully saturated rings. The Kier molecular flexibility index (Phi) is 7.79. The Hall–Kier alpha value is -2.63. The molecule has 0 aliphatic rings. The number of nitrogens with zero attached hydrogens (tertiary/aromatic N) is 3. The molecule has 0 saturated heterocycles. The highest BCUT2D eigenvalue weighted by molar-refractivity contribution is 5.97. The molecule has 0 aliphatic carbocycles. The van der Waals surface area contributed by atoms with Gasteiger partial charge in [-0.3, -0.25) is 9.59 Å². The maximum absolute atomic E-state index is 14.1. The van der Waals surface area contributed by atoms with Crippen molar-refractivity contribution in [2.24, 2.45) is 7.05 Å². The van der Waals surface area contributed by atoms with E-state index in [0.717, 1.165) is 18.5 Å². The van der Waals surface area contributed by atoms with E-state index in [2.05, 4.69) is 6.92 Å². The summed E-state index contributed by atoms with van der Waals surface area (Å²) in [6.07, 6.45) is 3.80. The van der Waals surface area contributed by atoms with Gasteiger partial charge in [0.1, 0.15) is 12.4 Å². The van der Waals surface area contributed by atoms with Gasteiger partial charge in [-0.25, -0.2) is 4.39 Å². The smallest absolute Gasteiger partial charge is 0.257 e. The van der Waals surface area contributed by atoms with Crippen molar-refractivity contribution in [3.05, 3.63) is 59.7 Å². The van der Waals surface area contributed by atoms with Crippen LogP contribution < -0.4 is 0 Å². The van der Waals surface area contributed by atoms with Crippen LogP contribution in [0.15, 0.2) is 42.6 Å². The lowest BCUT2D eigenvalue weighted by molar-refractivity contribution is -0.133. The summed E-state index contributed by atoms with van der Waals surface area (Å²) in [5.41, 5.74) is 1.02. The summed E-state index contributed by atoms with van der Waals surface area (Å²) in [4.78, 5) is 29.1. The Morgan fingerprint density at radius 3 is 2.43 bits per heavy atom. The lowest BCUT2D eigenvalue weighted by Gasteiger charge is -2.30. The van der Waals surface area contributed by atoms with Crippen LogP contribution in [0, 0.1) is 5.82 Å². The Morgan fingerprint density at radius 2 is 1.86 bits per heavy atom. The van der Waals surface area contributed by atoms with Crippen LogP contribution in [0.4, 0.5) is 4.39 Å². The SMILES string of the molecule is CCCCN(Cc1cccn1C)C(=O)CN(C(=O)c1ccccc1F)C(C)C. The Bertz CT molecular complexity index is 801. The Balaban J connectivity index is 2.18. The number of unbranched alkanes of at least 4 members (excludes halogenated alkanes) is 1. The van der Waals surface area contributed by atoms with Gasteiger partial charge in [-0.05, 0) is 44.5 Å². The summed E-state index contributed by atoms with van der Waals surface area (Å²) in [7, 11) is 1.94. The standard InChI is InChI=1S/C22H30FN3O2/c1-5-6-14-25(15-18-10-9-13-24(18)4)21(27)16-26(17(2)3)22(28)19-11-7-8-12-20(19)23/h7-13,17H,5-6,14-16H2,1-4H3. The highest BCUT2D eigenvalue weighted by Gasteiger charge is 2.26. The monoisotopic (exact) mass is 387 g/mol. The first kappa shape index (κ1) is 21.7. The Morgan fingerprint density at radius 1 is 1.14 bits per heavy atom. The minimum atomic E-state index is -0.572. The summed E-state index contributed by atoms with van der Waals surface area (Å²) >= 11 is 0. The van der Waals surface area contributed by atoms with Crippen LogP contribution in [0.2, 0.25) is 0 Å². The van der Waals surface area contributed by atoms with Gasteiger partial charge in [0.25, 0.3) is 5.91 Å². The van der Waals surface area contributed by atoms with E-state index in [4.69, 9.17) is 0 Å². The van der Waals surface area contributed by atoms with Gasteiger partial charge >= 0.3 is 0 Å². The summed E-state index contributed by atoms with van der Waals surface area (Å²) in [5, 5.41) is 0. The maximum atomic E-state index is 14.1. The van der Waals surface area contributed by atoms with Crippen molar-refractivity contribution in [1.29, 1.82) is 0 Å². The molecular formula is C22H30FN3O2. The predicted octanol–water partition coefficient (Wildman–Crippen LogP) is 3.84. The molecule has 0 bridgehead atoms. The first-order valence-electron chi connectivity index (χ1n) is 9.78. The van der Waals surface area contributed by atoms with Crippen LogP contribution >= 0.6 is 0 Å². The van der Waals surface area contributed by atoms with Crippen molar-refractivity contribution >= 4 is 11.8 Å². The number of hydrogen-bond donors (Lipinski definition) is 0. The van der Waals surface area contributed by atoms with Gasteiger partial charge in [-0.15, -0.1) is 0 Å². The van der Waals surface area contributed by atoms with Crippen LogP contribution in [0.1, 0.15) is 49.7 Å². The topological polar surface area (TPSA) is 45.6 Å². The van der Waals surface area contributed by atoms with Crippen LogP contribution in [0.25, 0.3) is 0 Å². The van der Waals surface area contributed by atoms with Gasteiger partial charge in [0.2, 0.25) is 5.91 Å². The van der Waals surface area contributed by atoms with Crippen molar-refractivity contribution in [3.8, 4) is 0 Å². The molecule has 28 heavy (non-hydrogen) atoms. The molecule has 0 unspecified atom stereocenters. The van der Waals surface area contributed by atoms with Crippen molar-refractivity contribution in [2.75, 3.05) is 13.1 Å². The lowest BCUT2D eigenvalue weighted by Crippen LogP contribution is -2.46. The zero-order valence-electron chi connectivity index (χ0n) is 17.2. The highest BCUT2D eigenvalue weighted by Crippen LogP contribution is 2.14. The van der Waals surface area contributed by atoms with Crippen molar-refractivity contribution in [3.63, 3.8) is 0 Å². The molecular weight excluding hydrogens is 357 g/mol. The normalized spacial score (nSPS) is 10.9. The molecule has 1 heterocycles. The second kappa shape index (κ2) is 10.1. The molecule has 6 heteroatoms. The predicted molar refractivity (Wildman–Crippen MR) is 108 cm³/mol. The van der Waals surface area contributed by atoms with E-state index >= 15 is 0 Å². The minimum absolute atomic E-state index is 0.00783. The summed E-state index contributed by atoms with van der Waals surface area (Å²) < 4.78 is 16.1. The lowest BCUT2D eigenvalue weighted by atomic mass is 10.1. The molecule has 5 nitrogen and oxygen atoms in total. The Labute approximate surface area is 166 Å². The fourth-order valence-electron chi connectivity index (χ4n) is 3.02. The van der Waals surface area contributed by atoms with E-state index < -0.39 is 11.7 Å². The summed E-state index contributed by atoms with van der Waals surface area (Å²) in [5.74, 6) is -1.17. The van der Waals surface area contributed by atoms with Crippen molar-refractivity contribution in [1.82, 2.24) is 14.4 Å². The number of hydrogen-bond acceptors (Lipinski definition) is 2. The number of benzene rings is 1. The molecule has 2 aromatic rings. The van der Waals surface area contributed by atoms with Crippen molar-refractivity contribution in [2.45, 2.75) is 46.2 Å². The van der Waals surface area contributed by atoms with E-state index in [0.29, 0.717) is 13.1 Å². The summed E-state index contributed by atoms with van der Waals surface area (Å²) in [6.45, 7) is 6.79. The van der Waals surface area contributed by atoms with Crippen LogP contribution in [0.3, 0.4) is 0 Å². The molecule has 0 N–H and O–H groups in total. The summed E-state index contributed by atoms with van der Waals surface area (Å²) in [6, 6.07) is 9.59. The molecule has 0 saturated carbocycles. The van der Waals surface area contributed by atoms with Gasteiger partial charge in [0, 0.05) is 31.5 Å². The van der Waals surface area contributed by atoms with Gasteiger partial charge < -0.3 is 14.4 Å². The molecule has 0 spiro atoms. The number of amides is 2. The van der Waals surface area contributed by atoms with Crippen LogP contribution in [-0.2, 0) is 18.4 Å². The van der Waals surface area contributed by atoms with Gasteiger partial charge in [0.05, 0.1) is 12.1 Å². The maximum Gasteiger partial charge on any atom is 0.257 e. The molecule has 0 radical (unpaired) electrons. The van der Waals surface area contributed by atoms with E-state index in [9.17, 15) is 14.0 Å².